The van der Waals surface area contributed by atoms with E-state index < -0.39 is 10.1 Å². The minimum absolute atomic E-state index is 0.174. The lowest BCUT2D eigenvalue weighted by Gasteiger charge is -2.18. The van der Waals surface area contributed by atoms with E-state index in [2.05, 4.69) is 20.8 Å². The summed E-state index contributed by atoms with van der Waals surface area (Å²) in [4.78, 5) is 0.174. The van der Waals surface area contributed by atoms with Gasteiger partial charge in [0.25, 0.3) is 10.1 Å². The highest BCUT2D eigenvalue weighted by Gasteiger charge is 2.20. The predicted octanol–water partition coefficient (Wildman–Crippen LogP) is 14.3. The lowest BCUT2D eigenvalue weighted by Crippen LogP contribution is -2.10. The molecule has 1 aromatic rings. The van der Waals surface area contributed by atoms with Gasteiger partial charge >= 0.3 is 0 Å². The molecule has 1 N–H and O–H groups in total. The van der Waals surface area contributed by atoms with Gasteiger partial charge in [-0.05, 0) is 61.3 Å². The first-order valence-corrected chi connectivity index (χ1v) is 22.0. The lowest BCUT2D eigenvalue weighted by molar-refractivity contribution is 0.481. The standard InChI is InChI=1S/C42H78O3S/c1-4-7-10-13-15-17-19-21-23-25-27-29-32-35-40-39(34-31-12-9-6-3)37-38-42(46(43,44)45)41(40)36-33-30-28-26-24-22-20-18-16-14-11-8-5-2/h37-38H,4-36H2,1-3H3,(H,43,44,45). The van der Waals surface area contributed by atoms with E-state index >= 15 is 0 Å². The maximum atomic E-state index is 12.5. The van der Waals surface area contributed by atoms with Gasteiger partial charge in [-0.1, -0.05) is 200 Å². The van der Waals surface area contributed by atoms with Crippen molar-refractivity contribution in [1.82, 2.24) is 0 Å². The van der Waals surface area contributed by atoms with Crippen molar-refractivity contribution in [2.24, 2.45) is 0 Å². The molecule has 3 nitrogen and oxygen atoms in total. The fourth-order valence-corrected chi connectivity index (χ4v) is 7.94. The zero-order valence-corrected chi connectivity index (χ0v) is 32.0. The molecule has 0 atom stereocenters. The number of rotatable bonds is 34. The summed E-state index contributed by atoms with van der Waals surface area (Å²) in [5.74, 6) is 0. The van der Waals surface area contributed by atoms with Crippen molar-refractivity contribution in [1.29, 1.82) is 0 Å². The van der Waals surface area contributed by atoms with Gasteiger partial charge in [0.15, 0.2) is 0 Å². The second kappa shape index (κ2) is 30.2. The summed E-state index contributed by atoms with van der Waals surface area (Å²) in [6, 6.07) is 3.72. The van der Waals surface area contributed by atoms with Crippen LogP contribution in [-0.2, 0) is 29.4 Å². The first-order valence-electron chi connectivity index (χ1n) is 20.6. The molecule has 0 aliphatic carbocycles. The lowest BCUT2D eigenvalue weighted by atomic mass is 9.90. The molecule has 0 unspecified atom stereocenters. The van der Waals surface area contributed by atoms with Crippen LogP contribution in [0.5, 0.6) is 0 Å². The van der Waals surface area contributed by atoms with Gasteiger partial charge in [-0.15, -0.1) is 0 Å². The molecule has 4 heteroatoms. The molecule has 0 fully saturated rings. The molecule has 0 heterocycles. The van der Waals surface area contributed by atoms with E-state index in [-0.39, 0.29) is 4.90 Å². The van der Waals surface area contributed by atoms with E-state index in [9.17, 15) is 13.0 Å². The van der Waals surface area contributed by atoms with Gasteiger partial charge in [0.05, 0.1) is 4.90 Å². The number of hydrogen-bond donors (Lipinski definition) is 1. The summed E-state index contributed by atoms with van der Waals surface area (Å²) in [6.45, 7) is 6.80. The first kappa shape index (κ1) is 43.2. The van der Waals surface area contributed by atoms with Gasteiger partial charge in [-0.3, -0.25) is 4.55 Å². The minimum atomic E-state index is -4.23. The molecule has 0 aromatic heterocycles. The number of unbranched alkanes of at least 4 members (excludes halogenated alkanes) is 27. The van der Waals surface area contributed by atoms with E-state index in [1.54, 1.807) is 6.07 Å². The molecule has 0 bridgehead atoms. The van der Waals surface area contributed by atoms with Crippen molar-refractivity contribution in [3.05, 3.63) is 28.8 Å². The van der Waals surface area contributed by atoms with Gasteiger partial charge in [0, 0.05) is 0 Å². The largest absolute Gasteiger partial charge is 0.294 e. The summed E-state index contributed by atoms with van der Waals surface area (Å²) in [5, 5.41) is 0. The average molecular weight is 663 g/mol. The third-order valence-corrected chi connectivity index (χ3v) is 11.1. The van der Waals surface area contributed by atoms with Crippen molar-refractivity contribution >= 4 is 10.1 Å². The van der Waals surface area contributed by atoms with E-state index in [1.165, 1.54) is 178 Å². The van der Waals surface area contributed by atoms with Crippen LogP contribution in [0.15, 0.2) is 17.0 Å². The second-order valence-electron chi connectivity index (χ2n) is 14.5. The molecule has 1 rings (SSSR count). The summed E-state index contributed by atoms with van der Waals surface area (Å²) in [6.07, 6.45) is 41.9. The molecule has 46 heavy (non-hydrogen) atoms. The summed E-state index contributed by atoms with van der Waals surface area (Å²) >= 11 is 0. The van der Waals surface area contributed by atoms with E-state index in [0.717, 1.165) is 50.5 Å². The maximum absolute atomic E-state index is 12.5. The van der Waals surface area contributed by atoms with Crippen LogP contribution in [0, 0.1) is 0 Å². The highest BCUT2D eigenvalue weighted by molar-refractivity contribution is 7.85. The van der Waals surface area contributed by atoms with Crippen LogP contribution < -0.4 is 0 Å². The Kier molecular flexibility index (Phi) is 28.3. The Balaban J connectivity index is 2.58. The Morgan fingerprint density at radius 3 is 1.02 bits per heavy atom. The average Bonchev–Trinajstić information content (AvgIpc) is 3.03. The van der Waals surface area contributed by atoms with Gasteiger partial charge in [0.1, 0.15) is 0 Å². The smallest absolute Gasteiger partial charge is 0.282 e. The molecular formula is C42H78O3S. The van der Waals surface area contributed by atoms with Crippen molar-refractivity contribution in [2.75, 3.05) is 0 Å². The predicted molar refractivity (Wildman–Crippen MR) is 203 cm³/mol. The SMILES string of the molecule is CCCCCCCCCCCCCCCc1c(CCCCCC)ccc(S(=O)(=O)O)c1CCCCCCCCCCCCCCC. The minimum Gasteiger partial charge on any atom is -0.282 e. The van der Waals surface area contributed by atoms with Crippen molar-refractivity contribution in [3.63, 3.8) is 0 Å². The van der Waals surface area contributed by atoms with Crippen LogP contribution in [0.25, 0.3) is 0 Å². The van der Waals surface area contributed by atoms with Crippen LogP contribution in [-0.4, -0.2) is 13.0 Å². The Hall–Kier alpha value is -0.870. The van der Waals surface area contributed by atoms with Crippen LogP contribution >= 0.6 is 0 Å². The fraction of sp³-hybridized carbons (Fsp3) is 0.857. The molecule has 0 spiro atoms. The third kappa shape index (κ3) is 22.7. The first-order chi connectivity index (χ1) is 22.5. The number of benzene rings is 1. The molecule has 0 aliphatic rings. The van der Waals surface area contributed by atoms with Crippen LogP contribution in [0.3, 0.4) is 0 Å². The van der Waals surface area contributed by atoms with Crippen molar-refractivity contribution in [2.45, 2.75) is 238 Å². The summed E-state index contributed by atoms with van der Waals surface area (Å²) < 4.78 is 35.2. The van der Waals surface area contributed by atoms with Crippen molar-refractivity contribution < 1.29 is 13.0 Å². The van der Waals surface area contributed by atoms with Crippen LogP contribution in [0.1, 0.15) is 230 Å². The van der Waals surface area contributed by atoms with Crippen LogP contribution in [0.2, 0.25) is 0 Å². The zero-order chi connectivity index (χ0) is 33.6. The Morgan fingerprint density at radius 2 is 0.674 bits per heavy atom. The van der Waals surface area contributed by atoms with Gasteiger partial charge in [-0.25, -0.2) is 0 Å². The Bertz CT molecular complexity index is 923. The van der Waals surface area contributed by atoms with Gasteiger partial charge < -0.3 is 0 Å². The molecule has 0 amide bonds. The number of aryl methyl sites for hydroxylation is 1. The Morgan fingerprint density at radius 1 is 0.391 bits per heavy atom. The molecular weight excluding hydrogens is 585 g/mol. The maximum Gasteiger partial charge on any atom is 0.294 e. The Labute approximate surface area is 288 Å². The third-order valence-electron chi connectivity index (χ3n) is 10.1. The van der Waals surface area contributed by atoms with Gasteiger partial charge in [-0.2, -0.15) is 8.42 Å². The quantitative estimate of drug-likeness (QED) is 0.0590. The van der Waals surface area contributed by atoms with E-state index in [4.69, 9.17) is 0 Å². The zero-order valence-electron chi connectivity index (χ0n) is 31.2. The topological polar surface area (TPSA) is 54.4 Å². The van der Waals surface area contributed by atoms with E-state index in [0.29, 0.717) is 0 Å². The van der Waals surface area contributed by atoms with E-state index in [1.807, 2.05) is 6.07 Å². The molecule has 0 saturated carbocycles. The monoisotopic (exact) mass is 663 g/mol. The molecule has 0 saturated heterocycles. The molecule has 0 radical (unpaired) electrons. The molecule has 1 aromatic carbocycles. The summed E-state index contributed by atoms with van der Waals surface area (Å²) in [5.41, 5.74) is 3.50. The normalized spacial score (nSPS) is 11.9. The van der Waals surface area contributed by atoms with Crippen molar-refractivity contribution in [3.8, 4) is 0 Å². The molecule has 270 valence electrons. The fourth-order valence-electron chi connectivity index (χ4n) is 7.16. The second-order valence-corrected chi connectivity index (χ2v) is 15.8. The van der Waals surface area contributed by atoms with Crippen LogP contribution in [0.4, 0.5) is 0 Å². The highest BCUT2D eigenvalue weighted by Crippen LogP contribution is 2.29. The van der Waals surface area contributed by atoms with Gasteiger partial charge in [0.2, 0.25) is 0 Å². The molecule has 0 aliphatic heterocycles. The highest BCUT2D eigenvalue weighted by atomic mass is 32.2. The summed E-state index contributed by atoms with van der Waals surface area (Å²) in [7, 11) is -4.23. The number of hydrogen-bond acceptors (Lipinski definition) is 2.